The van der Waals surface area contributed by atoms with E-state index < -0.39 is 5.97 Å². The number of ether oxygens (including phenoxy) is 1. The summed E-state index contributed by atoms with van der Waals surface area (Å²) in [4.78, 5) is 14.3. The summed E-state index contributed by atoms with van der Waals surface area (Å²) in [5, 5.41) is 9.06. The average Bonchev–Trinajstić information content (AvgIpc) is 2.55. The van der Waals surface area contributed by atoms with Crippen molar-refractivity contribution < 1.29 is 9.53 Å². The van der Waals surface area contributed by atoms with Gasteiger partial charge in [0, 0.05) is 13.1 Å². The summed E-state index contributed by atoms with van der Waals surface area (Å²) in [5.41, 5.74) is 2.27. The van der Waals surface area contributed by atoms with Gasteiger partial charge < -0.3 is 9.64 Å². The van der Waals surface area contributed by atoms with Gasteiger partial charge in [0.05, 0.1) is 30.9 Å². The van der Waals surface area contributed by atoms with Crippen LogP contribution in [0.15, 0.2) is 35.9 Å². The van der Waals surface area contributed by atoms with E-state index in [9.17, 15) is 4.79 Å². The first-order valence-electron chi connectivity index (χ1n) is 7.26. The number of carbonyl (C=O) groups is 1. The van der Waals surface area contributed by atoms with E-state index in [4.69, 9.17) is 10.00 Å². The van der Waals surface area contributed by atoms with Gasteiger partial charge in [-0.05, 0) is 24.8 Å². The van der Waals surface area contributed by atoms with Gasteiger partial charge in [0.2, 0.25) is 0 Å². The standard InChI is InChI=1S/C17H20N2O2/c1-21-17(20)15(10-11-18)16(14-8-4-2-5-9-14)19-12-6-3-7-13-19/h2,4-5,8-9H,3,6-7,10,12-13H2,1H3/b16-15-. The van der Waals surface area contributed by atoms with Crippen LogP contribution in [0.1, 0.15) is 31.2 Å². The molecule has 21 heavy (non-hydrogen) atoms. The molecular weight excluding hydrogens is 264 g/mol. The lowest BCUT2D eigenvalue weighted by Crippen LogP contribution is -2.30. The number of carbonyl (C=O) groups excluding carboxylic acids is 1. The van der Waals surface area contributed by atoms with Crippen molar-refractivity contribution >= 4 is 11.7 Å². The minimum absolute atomic E-state index is 0.0629. The van der Waals surface area contributed by atoms with E-state index in [0.717, 1.165) is 37.2 Å². The largest absolute Gasteiger partial charge is 0.466 e. The highest BCUT2D eigenvalue weighted by atomic mass is 16.5. The smallest absolute Gasteiger partial charge is 0.336 e. The van der Waals surface area contributed by atoms with Crippen LogP contribution in [0.25, 0.3) is 5.70 Å². The molecule has 0 saturated carbocycles. The van der Waals surface area contributed by atoms with Crippen molar-refractivity contribution in [3.05, 3.63) is 41.5 Å². The Hall–Kier alpha value is -2.28. The zero-order valence-electron chi connectivity index (χ0n) is 12.3. The number of hydrogen-bond donors (Lipinski definition) is 0. The highest BCUT2D eigenvalue weighted by Crippen LogP contribution is 2.28. The lowest BCUT2D eigenvalue weighted by Gasteiger charge is -2.32. The third kappa shape index (κ3) is 3.63. The predicted octanol–water partition coefficient (Wildman–Crippen LogP) is 2.97. The molecule has 0 amide bonds. The van der Waals surface area contributed by atoms with Crippen LogP contribution in [0, 0.1) is 11.3 Å². The zero-order chi connectivity index (χ0) is 15.1. The Kier molecular flexibility index (Phi) is 5.39. The highest BCUT2D eigenvalue weighted by Gasteiger charge is 2.23. The van der Waals surface area contributed by atoms with Gasteiger partial charge in [0.25, 0.3) is 0 Å². The molecule has 4 nitrogen and oxygen atoms in total. The van der Waals surface area contributed by atoms with Crippen molar-refractivity contribution in [2.24, 2.45) is 0 Å². The molecule has 0 radical (unpaired) electrons. The molecule has 0 atom stereocenters. The van der Waals surface area contributed by atoms with Crippen LogP contribution in [0.5, 0.6) is 0 Å². The lowest BCUT2D eigenvalue weighted by molar-refractivity contribution is -0.136. The Morgan fingerprint density at radius 3 is 2.48 bits per heavy atom. The molecule has 0 spiro atoms. The van der Waals surface area contributed by atoms with Crippen LogP contribution in [-0.2, 0) is 9.53 Å². The normalized spacial score (nSPS) is 15.9. The minimum Gasteiger partial charge on any atom is -0.466 e. The fraction of sp³-hybridized carbons (Fsp3) is 0.412. The number of nitriles is 1. The zero-order valence-corrected chi connectivity index (χ0v) is 12.3. The van der Waals surface area contributed by atoms with Crippen molar-refractivity contribution in [1.82, 2.24) is 4.90 Å². The van der Waals surface area contributed by atoms with Gasteiger partial charge >= 0.3 is 5.97 Å². The molecule has 2 rings (SSSR count). The van der Waals surface area contributed by atoms with Gasteiger partial charge in [-0.25, -0.2) is 4.79 Å². The third-order valence-corrected chi connectivity index (χ3v) is 3.69. The van der Waals surface area contributed by atoms with Crippen LogP contribution in [0.3, 0.4) is 0 Å². The van der Waals surface area contributed by atoms with E-state index in [1.165, 1.54) is 13.5 Å². The quantitative estimate of drug-likeness (QED) is 0.630. The number of hydrogen-bond acceptors (Lipinski definition) is 4. The Bertz CT molecular complexity index is 552. The molecule has 4 heteroatoms. The number of esters is 1. The highest BCUT2D eigenvalue weighted by molar-refractivity contribution is 5.97. The Morgan fingerprint density at radius 1 is 1.24 bits per heavy atom. The average molecular weight is 284 g/mol. The maximum absolute atomic E-state index is 12.1. The van der Waals surface area contributed by atoms with Crippen LogP contribution in [0.2, 0.25) is 0 Å². The molecule has 1 aromatic carbocycles. The molecule has 1 aromatic rings. The van der Waals surface area contributed by atoms with E-state index in [2.05, 4.69) is 11.0 Å². The van der Waals surface area contributed by atoms with Gasteiger partial charge in [-0.3, -0.25) is 0 Å². The maximum Gasteiger partial charge on any atom is 0.336 e. The molecule has 1 heterocycles. The summed E-state index contributed by atoms with van der Waals surface area (Å²) in [6.45, 7) is 1.83. The molecule has 1 saturated heterocycles. The number of rotatable bonds is 4. The van der Waals surface area contributed by atoms with Gasteiger partial charge in [-0.2, -0.15) is 5.26 Å². The number of likely N-dealkylation sites (tertiary alicyclic amines) is 1. The summed E-state index contributed by atoms with van der Waals surface area (Å²) >= 11 is 0. The Morgan fingerprint density at radius 2 is 1.90 bits per heavy atom. The minimum atomic E-state index is -0.416. The number of methoxy groups -OCH3 is 1. The second-order valence-corrected chi connectivity index (χ2v) is 5.07. The summed E-state index contributed by atoms with van der Waals surface area (Å²) in [5.74, 6) is -0.416. The fourth-order valence-electron chi connectivity index (χ4n) is 2.72. The molecule has 0 bridgehead atoms. The monoisotopic (exact) mass is 284 g/mol. The molecule has 110 valence electrons. The Balaban J connectivity index is 2.51. The van der Waals surface area contributed by atoms with Crippen molar-refractivity contribution in [2.45, 2.75) is 25.7 Å². The van der Waals surface area contributed by atoms with E-state index in [1.54, 1.807) is 0 Å². The second kappa shape index (κ2) is 7.49. The molecule has 0 N–H and O–H groups in total. The molecule has 0 aliphatic carbocycles. The van der Waals surface area contributed by atoms with Crippen LogP contribution in [-0.4, -0.2) is 31.1 Å². The van der Waals surface area contributed by atoms with Gasteiger partial charge in [-0.15, -0.1) is 0 Å². The number of piperidine rings is 1. The number of benzene rings is 1. The second-order valence-electron chi connectivity index (χ2n) is 5.07. The van der Waals surface area contributed by atoms with E-state index in [0.29, 0.717) is 5.57 Å². The van der Waals surface area contributed by atoms with E-state index in [1.807, 2.05) is 30.3 Å². The Labute approximate surface area is 125 Å². The van der Waals surface area contributed by atoms with Crippen molar-refractivity contribution in [2.75, 3.05) is 20.2 Å². The molecule has 0 aromatic heterocycles. The summed E-state index contributed by atoms with van der Waals surface area (Å²) in [7, 11) is 1.36. The third-order valence-electron chi connectivity index (χ3n) is 3.69. The van der Waals surface area contributed by atoms with E-state index in [-0.39, 0.29) is 6.42 Å². The van der Waals surface area contributed by atoms with Crippen LogP contribution in [0.4, 0.5) is 0 Å². The first-order chi connectivity index (χ1) is 10.3. The molecule has 0 unspecified atom stereocenters. The van der Waals surface area contributed by atoms with Crippen molar-refractivity contribution in [3.63, 3.8) is 0 Å². The van der Waals surface area contributed by atoms with Crippen molar-refractivity contribution in [1.29, 1.82) is 5.26 Å². The summed E-state index contributed by atoms with van der Waals surface area (Å²) < 4.78 is 4.88. The predicted molar refractivity (Wildman–Crippen MR) is 81.0 cm³/mol. The summed E-state index contributed by atoms with van der Waals surface area (Å²) in [6.07, 6.45) is 3.49. The first-order valence-corrected chi connectivity index (χ1v) is 7.26. The van der Waals surface area contributed by atoms with E-state index >= 15 is 0 Å². The lowest BCUT2D eigenvalue weighted by atomic mass is 10.00. The fourth-order valence-corrected chi connectivity index (χ4v) is 2.72. The van der Waals surface area contributed by atoms with Gasteiger partial charge in [-0.1, -0.05) is 30.3 Å². The maximum atomic E-state index is 12.1. The van der Waals surface area contributed by atoms with Gasteiger partial charge in [0.15, 0.2) is 0 Å². The topological polar surface area (TPSA) is 53.3 Å². The van der Waals surface area contributed by atoms with Crippen LogP contribution >= 0.6 is 0 Å². The van der Waals surface area contributed by atoms with Crippen LogP contribution < -0.4 is 0 Å². The number of nitrogens with zero attached hydrogens (tertiary/aromatic N) is 2. The molecular formula is C17H20N2O2. The molecule has 1 aliphatic rings. The SMILES string of the molecule is COC(=O)/C(CC#N)=C(/c1ccccc1)N1CCCCC1. The van der Waals surface area contributed by atoms with Gasteiger partial charge in [0.1, 0.15) is 0 Å². The molecule has 1 aliphatic heterocycles. The van der Waals surface area contributed by atoms with Crippen molar-refractivity contribution in [3.8, 4) is 6.07 Å². The summed E-state index contributed by atoms with van der Waals surface area (Å²) in [6, 6.07) is 11.9. The molecule has 1 fully saturated rings. The first kappa shape index (κ1) is 15.1.